The topological polar surface area (TPSA) is 12.9 Å². The highest BCUT2D eigenvalue weighted by Crippen LogP contribution is 2.11. The van der Waals surface area contributed by atoms with Crippen LogP contribution in [0.25, 0.3) is 0 Å². The van der Waals surface area contributed by atoms with E-state index in [-0.39, 0.29) is 0 Å². The standard InChI is InChI=1S/C11H16IN/c1-3-5-9-7-10(6-4-2)13-11(12)8-9/h7-8H,3-6H2,1-2H3. The van der Waals surface area contributed by atoms with Crippen LogP contribution in [0.5, 0.6) is 0 Å². The fourth-order valence-corrected chi connectivity index (χ4v) is 2.14. The quantitative estimate of drug-likeness (QED) is 0.609. The molecule has 1 heterocycles. The maximum atomic E-state index is 4.49. The van der Waals surface area contributed by atoms with E-state index in [1.54, 1.807) is 0 Å². The highest BCUT2D eigenvalue weighted by atomic mass is 127. The monoisotopic (exact) mass is 289 g/mol. The predicted octanol–water partition coefficient (Wildman–Crippen LogP) is 3.59. The van der Waals surface area contributed by atoms with Crippen molar-refractivity contribution in [2.75, 3.05) is 0 Å². The third-order valence-corrected chi connectivity index (χ3v) is 2.50. The lowest BCUT2D eigenvalue weighted by atomic mass is 10.1. The molecule has 1 rings (SSSR count). The Morgan fingerprint density at radius 2 is 1.85 bits per heavy atom. The van der Waals surface area contributed by atoms with E-state index < -0.39 is 0 Å². The molecule has 0 N–H and O–H groups in total. The Morgan fingerprint density at radius 3 is 2.46 bits per heavy atom. The Hall–Kier alpha value is -0.120. The molecule has 0 amide bonds. The molecule has 0 aliphatic heterocycles. The first-order valence-corrected chi connectivity index (χ1v) is 5.99. The number of halogens is 1. The summed E-state index contributed by atoms with van der Waals surface area (Å²) < 4.78 is 1.13. The van der Waals surface area contributed by atoms with Gasteiger partial charge in [-0.1, -0.05) is 26.7 Å². The third kappa shape index (κ3) is 3.63. The Morgan fingerprint density at radius 1 is 1.15 bits per heavy atom. The summed E-state index contributed by atoms with van der Waals surface area (Å²) in [6.45, 7) is 4.41. The highest BCUT2D eigenvalue weighted by molar-refractivity contribution is 14.1. The lowest BCUT2D eigenvalue weighted by molar-refractivity contribution is 0.857. The number of hydrogen-bond acceptors (Lipinski definition) is 1. The number of aromatic nitrogens is 1. The summed E-state index contributed by atoms with van der Waals surface area (Å²) in [6, 6.07) is 4.43. The first-order valence-electron chi connectivity index (χ1n) is 4.91. The Kier molecular flexibility index (Phi) is 4.70. The molecule has 0 aliphatic rings. The van der Waals surface area contributed by atoms with Crippen molar-refractivity contribution >= 4 is 22.6 Å². The Labute approximate surface area is 94.1 Å². The molecule has 1 aromatic rings. The van der Waals surface area contributed by atoms with Crippen LogP contribution in [-0.2, 0) is 12.8 Å². The fourth-order valence-electron chi connectivity index (χ4n) is 1.43. The van der Waals surface area contributed by atoms with Crippen molar-refractivity contribution in [2.45, 2.75) is 39.5 Å². The number of aryl methyl sites for hydroxylation is 2. The van der Waals surface area contributed by atoms with E-state index in [9.17, 15) is 0 Å². The van der Waals surface area contributed by atoms with Crippen molar-refractivity contribution in [1.29, 1.82) is 0 Å². The van der Waals surface area contributed by atoms with Crippen molar-refractivity contribution in [3.8, 4) is 0 Å². The summed E-state index contributed by atoms with van der Waals surface area (Å²) in [5, 5.41) is 0. The molecule has 0 spiro atoms. The van der Waals surface area contributed by atoms with E-state index in [1.807, 2.05) is 0 Å². The van der Waals surface area contributed by atoms with Crippen molar-refractivity contribution in [2.24, 2.45) is 0 Å². The van der Waals surface area contributed by atoms with Crippen LogP contribution in [0.3, 0.4) is 0 Å². The minimum absolute atomic E-state index is 1.10. The summed E-state index contributed by atoms with van der Waals surface area (Å²) in [4.78, 5) is 4.49. The van der Waals surface area contributed by atoms with E-state index in [2.05, 4.69) is 53.6 Å². The van der Waals surface area contributed by atoms with Crippen molar-refractivity contribution in [3.63, 3.8) is 0 Å². The van der Waals surface area contributed by atoms with Crippen LogP contribution in [-0.4, -0.2) is 4.98 Å². The highest BCUT2D eigenvalue weighted by Gasteiger charge is 1.99. The fraction of sp³-hybridized carbons (Fsp3) is 0.545. The second kappa shape index (κ2) is 5.58. The molecule has 2 heteroatoms. The molecule has 72 valence electrons. The second-order valence-corrected chi connectivity index (χ2v) is 4.39. The minimum atomic E-state index is 1.10. The number of nitrogens with zero attached hydrogens (tertiary/aromatic N) is 1. The lowest BCUT2D eigenvalue weighted by Gasteiger charge is -2.03. The van der Waals surface area contributed by atoms with E-state index in [4.69, 9.17) is 0 Å². The largest absolute Gasteiger partial charge is 0.247 e. The first kappa shape index (κ1) is 11.0. The van der Waals surface area contributed by atoms with Crippen molar-refractivity contribution < 1.29 is 0 Å². The van der Waals surface area contributed by atoms with Gasteiger partial charge in [-0.15, -0.1) is 0 Å². The molecule has 0 bridgehead atoms. The molecule has 0 aliphatic carbocycles. The number of pyridine rings is 1. The normalized spacial score (nSPS) is 10.4. The van der Waals surface area contributed by atoms with Gasteiger partial charge in [0.1, 0.15) is 3.70 Å². The first-order chi connectivity index (χ1) is 6.26. The molecular formula is C11H16IN. The smallest absolute Gasteiger partial charge is 0.101 e. The average Bonchev–Trinajstić information content (AvgIpc) is 2.04. The van der Waals surface area contributed by atoms with Gasteiger partial charge in [-0.2, -0.15) is 0 Å². The molecule has 0 fully saturated rings. The second-order valence-electron chi connectivity index (χ2n) is 3.29. The Bertz CT molecular complexity index is 247. The molecule has 1 aromatic heterocycles. The van der Waals surface area contributed by atoms with Crippen LogP contribution in [0.4, 0.5) is 0 Å². The molecule has 13 heavy (non-hydrogen) atoms. The molecule has 0 radical (unpaired) electrons. The SMILES string of the molecule is CCCc1cc(I)nc(CCC)c1. The van der Waals surface area contributed by atoms with Crippen LogP contribution >= 0.6 is 22.6 Å². The van der Waals surface area contributed by atoms with Gasteiger partial charge in [-0.05, 0) is 53.1 Å². The number of hydrogen-bond donors (Lipinski definition) is 0. The molecule has 0 atom stereocenters. The van der Waals surface area contributed by atoms with E-state index in [0.29, 0.717) is 0 Å². The van der Waals surface area contributed by atoms with Crippen molar-refractivity contribution in [1.82, 2.24) is 4.98 Å². The summed E-state index contributed by atoms with van der Waals surface area (Å²) in [5.74, 6) is 0. The van der Waals surface area contributed by atoms with Gasteiger partial charge in [0.15, 0.2) is 0 Å². The van der Waals surface area contributed by atoms with Gasteiger partial charge in [-0.25, -0.2) is 4.98 Å². The summed E-state index contributed by atoms with van der Waals surface area (Å²) in [5.41, 5.74) is 2.68. The maximum absolute atomic E-state index is 4.49. The van der Waals surface area contributed by atoms with Gasteiger partial charge in [0.2, 0.25) is 0 Å². The van der Waals surface area contributed by atoms with Gasteiger partial charge in [-0.3, -0.25) is 0 Å². The summed E-state index contributed by atoms with van der Waals surface area (Å²) in [7, 11) is 0. The van der Waals surface area contributed by atoms with Crippen molar-refractivity contribution in [3.05, 3.63) is 27.1 Å². The zero-order chi connectivity index (χ0) is 9.68. The third-order valence-electron chi connectivity index (χ3n) is 1.95. The van der Waals surface area contributed by atoms with Crippen LogP contribution < -0.4 is 0 Å². The zero-order valence-electron chi connectivity index (χ0n) is 8.31. The summed E-state index contributed by atoms with van der Waals surface area (Å²) in [6.07, 6.45) is 4.67. The molecule has 0 aromatic carbocycles. The van der Waals surface area contributed by atoms with Crippen LogP contribution in [0.1, 0.15) is 37.9 Å². The van der Waals surface area contributed by atoms with Crippen LogP contribution in [0, 0.1) is 3.70 Å². The lowest BCUT2D eigenvalue weighted by Crippen LogP contribution is -1.95. The van der Waals surface area contributed by atoms with Gasteiger partial charge >= 0.3 is 0 Å². The molecular weight excluding hydrogens is 273 g/mol. The van der Waals surface area contributed by atoms with E-state index >= 15 is 0 Å². The van der Waals surface area contributed by atoms with Gasteiger partial charge in [0.05, 0.1) is 0 Å². The van der Waals surface area contributed by atoms with Crippen LogP contribution in [0.15, 0.2) is 12.1 Å². The zero-order valence-corrected chi connectivity index (χ0v) is 10.5. The maximum Gasteiger partial charge on any atom is 0.101 e. The van der Waals surface area contributed by atoms with Gasteiger partial charge in [0, 0.05) is 5.69 Å². The summed E-state index contributed by atoms with van der Waals surface area (Å²) >= 11 is 2.30. The Balaban J connectivity index is 2.83. The molecule has 0 saturated carbocycles. The van der Waals surface area contributed by atoms with Gasteiger partial charge in [0.25, 0.3) is 0 Å². The van der Waals surface area contributed by atoms with Crippen LogP contribution in [0.2, 0.25) is 0 Å². The minimum Gasteiger partial charge on any atom is -0.247 e. The average molecular weight is 289 g/mol. The molecule has 0 unspecified atom stereocenters. The van der Waals surface area contributed by atoms with Gasteiger partial charge < -0.3 is 0 Å². The van der Waals surface area contributed by atoms with E-state index in [0.717, 1.165) is 10.1 Å². The molecule has 0 saturated heterocycles. The molecule has 1 nitrogen and oxygen atoms in total. The predicted molar refractivity (Wildman–Crippen MR) is 64.9 cm³/mol. The number of rotatable bonds is 4. The van der Waals surface area contributed by atoms with E-state index in [1.165, 1.54) is 30.5 Å².